The Kier molecular flexibility index (Phi) is 3.95. The number of rotatable bonds is 3. The fourth-order valence-electron chi connectivity index (χ4n) is 3.31. The van der Waals surface area contributed by atoms with Crippen LogP contribution >= 0.6 is 0 Å². The first kappa shape index (κ1) is 15.7. The summed E-state index contributed by atoms with van der Waals surface area (Å²) in [6.07, 6.45) is 2.74. The predicted octanol–water partition coefficient (Wildman–Crippen LogP) is 1.75. The summed E-state index contributed by atoms with van der Waals surface area (Å²) < 4.78 is 1.74. The molecular weight excluding hydrogens is 318 g/mol. The Morgan fingerprint density at radius 3 is 3.04 bits per heavy atom. The van der Waals surface area contributed by atoms with Crippen molar-refractivity contribution >= 4 is 16.9 Å². The largest absolute Gasteiger partial charge is 0.348 e. The van der Waals surface area contributed by atoms with E-state index in [1.807, 2.05) is 0 Å². The number of aromatic amines is 1. The third kappa shape index (κ3) is 2.99. The van der Waals surface area contributed by atoms with Gasteiger partial charge >= 0.3 is 0 Å². The zero-order valence-electron chi connectivity index (χ0n) is 14.4. The standard InChI is InChI=1S/C17H21N7O/c1-10-7-13-14(8-11(10)2)20-15(19-13)9-18-17(25)12-5-3-4-6-24-16(12)21-22-23-24/h7-8,12H,3-6,9H2,1-2H3,(H,18,25)(H,19,20)/t12-/m0/s1. The molecule has 3 heterocycles. The van der Waals surface area contributed by atoms with Gasteiger partial charge in [-0.2, -0.15) is 0 Å². The van der Waals surface area contributed by atoms with Gasteiger partial charge < -0.3 is 10.3 Å². The molecule has 130 valence electrons. The van der Waals surface area contributed by atoms with E-state index in [0.29, 0.717) is 12.4 Å². The minimum Gasteiger partial charge on any atom is -0.348 e. The summed E-state index contributed by atoms with van der Waals surface area (Å²) in [4.78, 5) is 20.5. The Hall–Kier alpha value is -2.77. The highest BCUT2D eigenvalue weighted by Crippen LogP contribution is 2.24. The fourth-order valence-corrected chi connectivity index (χ4v) is 3.31. The van der Waals surface area contributed by atoms with Crippen LogP contribution in [0.2, 0.25) is 0 Å². The zero-order chi connectivity index (χ0) is 17.4. The molecule has 0 fully saturated rings. The van der Waals surface area contributed by atoms with Crippen molar-refractivity contribution < 1.29 is 4.79 Å². The third-order valence-electron chi connectivity index (χ3n) is 4.88. The van der Waals surface area contributed by atoms with Crippen molar-refractivity contribution in [2.75, 3.05) is 0 Å². The van der Waals surface area contributed by atoms with Gasteiger partial charge in [-0.3, -0.25) is 4.79 Å². The lowest BCUT2D eigenvalue weighted by Crippen LogP contribution is -2.30. The molecule has 1 aliphatic heterocycles. The molecular formula is C17H21N7O. The van der Waals surface area contributed by atoms with Crippen LogP contribution in [0, 0.1) is 13.8 Å². The first-order valence-electron chi connectivity index (χ1n) is 8.61. The molecule has 1 aliphatic rings. The van der Waals surface area contributed by atoms with Gasteiger partial charge in [0.1, 0.15) is 5.82 Å². The van der Waals surface area contributed by atoms with E-state index < -0.39 is 0 Å². The lowest BCUT2D eigenvalue weighted by atomic mass is 10.0. The number of benzene rings is 1. The van der Waals surface area contributed by atoms with Crippen molar-refractivity contribution in [3.8, 4) is 0 Å². The van der Waals surface area contributed by atoms with Gasteiger partial charge in [0.25, 0.3) is 0 Å². The average molecular weight is 339 g/mol. The number of fused-ring (bicyclic) bond motifs is 2. The van der Waals surface area contributed by atoms with E-state index in [4.69, 9.17) is 0 Å². The number of nitrogens with one attached hydrogen (secondary N) is 2. The number of tetrazole rings is 1. The van der Waals surface area contributed by atoms with Crippen molar-refractivity contribution in [1.29, 1.82) is 0 Å². The highest BCUT2D eigenvalue weighted by atomic mass is 16.1. The molecule has 0 aliphatic carbocycles. The number of H-pyrrole nitrogens is 1. The SMILES string of the molecule is Cc1cc2nc(CNC(=O)[C@H]3CCCCn4nnnc43)[nH]c2cc1C. The number of carbonyl (C=O) groups is 1. The van der Waals surface area contributed by atoms with E-state index >= 15 is 0 Å². The summed E-state index contributed by atoms with van der Waals surface area (Å²) in [5, 5.41) is 14.7. The summed E-state index contributed by atoms with van der Waals surface area (Å²) >= 11 is 0. The molecule has 1 amide bonds. The summed E-state index contributed by atoms with van der Waals surface area (Å²) in [7, 11) is 0. The van der Waals surface area contributed by atoms with E-state index in [0.717, 1.165) is 42.7 Å². The minimum atomic E-state index is -0.300. The van der Waals surface area contributed by atoms with Crippen LogP contribution in [0.4, 0.5) is 0 Å². The summed E-state index contributed by atoms with van der Waals surface area (Å²) in [6.45, 7) is 5.28. The van der Waals surface area contributed by atoms with Crippen molar-refractivity contribution in [3.05, 3.63) is 34.9 Å². The molecule has 1 aromatic carbocycles. The average Bonchev–Trinajstić information content (AvgIpc) is 3.15. The van der Waals surface area contributed by atoms with E-state index in [1.165, 1.54) is 11.1 Å². The predicted molar refractivity (Wildman–Crippen MR) is 91.8 cm³/mol. The lowest BCUT2D eigenvalue weighted by molar-refractivity contribution is -0.123. The van der Waals surface area contributed by atoms with E-state index in [2.05, 4.69) is 56.8 Å². The number of hydrogen-bond acceptors (Lipinski definition) is 5. The maximum atomic E-state index is 12.6. The molecule has 25 heavy (non-hydrogen) atoms. The van der Waals surface area contributed by atoms with Crippen LogP contribution in [0.1, 0.15) is 48.0 Å². The van der Waals surface area contributed by atoms with Crippen molar-refractivity contribution in [1.82, 2.24) is 35.5 Å². The number of nitrogens with zero attached hydrogens (tertiary/aromatic N) is 5. The van der Waals surface area contributed by atoms with Crippen LogP contribution in [0.5, 0.6) is 0 Å². The number of aryl methyl sites for hydroxylation is 3. The maximum absolute atomic E-state index is 12.6. The van der Waals surface area contributed by atoms with Gasteiger partial charge in [-0.1, -0.05) is 6.42 Å². The maximum Gasteiger partial charge on any atom is 0.231 e. The van der Waals surface area contributed by atoms with Crippen molar-refractivity contribution in [2.24, 2.45) is 0 Å². The van der Waals surface area contributed by atoms with Crippen LogP contribution in [0.15, 0.2) is 12.1 Å². The Labute approximate surface area is 145 Å². The van der Waals surface area contributed by atoms with Gasteiger partial charge in [-0.05, 0) is 60.4 Å². The fraction of sp³-hybridized carbons (Fsp3) is 0.471. The van der Waals surface area contributed by atoms with Gasteiger partial charge in [0.05, 0.1) is 23.5 Å². The topological polar surface area (TPSA) is 101 Å². The monoisotopic (exact) mass is 339 g/mol. The molecule has 1 atom stereocenters. The molecule has 0 unspecified atom stereocenters. The summed E-state index contributed by atoms with van der Waals surface area (Å²) in [5.74, 6) is 1.06. The van der Waals surface area contributed by atoms with Crippen molar-refractivity contribution in [2.45, 2.75) is 52.1 Å². The minimum absolute atomic E-state index is 0.0502. The van der Waals surface area contributed by atoms with Crippen LogP contribution in [0.25, 0.3) is 11.0 Å². The van der Waals surface area contributed by atoms with Crippen LogP contribution in [-0.2, 0) is 17.9 Å². The van der Waals surface area contributed by atoms with Gasteiger partial charge in [0.15, 0.2) is 5.82 Å². The van der Waals surface area contributed by atoms with Gasteiger partial charge in [0.2, 0.25) is 5.91 Å². The molecule has 8 heteroatoms. The molecule has 8 nitrogen and oxygen atoms in total. The number of amides is 1. The quantitative estimate of drug-likeness (QED) is 0.757. The first-order valence-corrected chi connectivity index (χ1v) is 8.61. The molecule has 0 spiro atoms. The number of aromatic nitrogens is 6. The van der Waals surface area contributed by atoms with E-state index in [-0.39, 0.29) is 11.8 Å². The van der Waals surface area contributed by atoms with Gasteiger partial charge in [0, 0.05) is 6.54 Å². The Bertz CT molecular complexity index is 887. The van der Waals surface area contributed by atoms with Crippen LogP contribution < -0.4 is 5.32 Å². The number of imidazole rings is 1. The van der Waals surface area contributed by atoms with Crippen LogP contribution in [-0.4, -0.2) is 36.1 Å². The second kappa shape index (κ2) is 6.27. The normalized spacial score (nSPS) is 17.3. The highest BCUT2D eigenvalue weighted by molar-refractivity contribution is 5.83. The molecule has 0 saturated carbocycles. The second-order valence-electron chi connectivity index (χ2n) is 6.66. The number of carbonyl (C=O) groups excluding carboxylic acids is 1. The molecule has 4 rings (SSSR count). The number of hydrogen-bond donors (Lipinski definition) is 2. The highest BCUT2D eigenvalue weighted by Gasteiger charge is 2.28. The summed E-state index contributed by atoms with van der Waals surface area (Å²) in [6, 6.07) is 4.15. The van der Waals surface area contributed by atoms with Gasteiger partial charge in [-0.15, -0.1) is 5.10 Å². The van der Waals surface area contributed by atoms with Crippen molar-refractivity contribution in [3.63, 3.8) is 0 Å². The van der Waals surface area contributed by atoms with E-state index in [9.17, 15) is 4.79 Å². The molecule has 2 aromatic heterocycles. The lowest BCUT2D eigenvalue weighted by Gasteiger charge is -2.12. The Morgan fingerprint density at radius 1 is 1.32 bits per heavy atom. The summed E-state index contributed by atoms with van der Waals surface area (Å²) in [5.41, 5.74) is 4.34. The first-order chi connectivity index (χ1) is 12.1. The molecule has 3 aromatic rings. The smallest absolute Gasteiger partial charge is 0.231 e. The zero-order valence-corrected chi connectivity index (χ0v) is 14.4. The third-order valence-corrected chi connectivity index (χ3v) is 4.88. The Balaban J connectivity index is 1.49. The molecule has 2 N–H and O–H groups in total. The second-order valence-corrected chi connectivity index (χ2v) is 6.66. The van der Waals surface area contributed by atoms with Crippen LogP contribution in [0.3, 0.4) is 0 Å². The Morgan fingerprint density at radius 2 is 2.16 bits per heavy atom. The van der Waals surface area contributed by atoms with E-state index in [1.54, 1.807) is 4.68 Å². The van der Waals surface area contributed by atoms with Gasteiger partial charge in [-0.25, -0.2) is 9.67 Å². The molecule has 0 radical (unpaired) electrons. The molecule has 0 bridgehead atoms. The molecule has 0 saturated heterocycles.